The molecule has 1 fully saturated rings. The van der Waals surface area contributed by atoms with Gasteiger partial charge in [-0.25, -0.2) is 0 Å². The van der Waals surface area contributed by atoms with Gasteiger partial charge in [-0.05, 0) is 69.5 Å². The third kappa shape index (κ3) is 5.59. The quantitative estimate of drug-likeness (QED) is 0.775. The van der Waals surface area contributed by atoms with E-state index in [9.17, 15) is 4.79 Å². The number of piperidine rings is 1. The van der Waals surface area contributed by atoms with Crippen LogP contribution < -0.4 is 10.1 Å². The van der Waals surface area contributed by atoms with Crippen LogP contribution in [0, 0.1) is 13.8 Å². The molecular formula is C24H32N2O2. The maximum Gasteiger partial charge on any atom is 0.261 e. The van der Waals surface area contributed by atoms with Gasteiger partial charge in [0.2, 0.25) is 0 Å². The van der Waals surface area contributed by atoms with Gasteiger partial charge in [0.15, 0.2) is 6.10 Å². The van der Waals surface area contributed by atoms with Gasteiger partial charge in [0.25, 0.3) is 5.91 Å². The van der Waals surface area contributed by atoms with E-state index in [1.165, 1.54) is 49.0 Å². The summed E-state index contributed by atoms with van der Waals surface area (Å²) in [7, 11) is 0. The average Bonchev–Trinajstić information content (AvgIpc) is 2.70. The van der Waals surface area contributed by atoms with Gasteiger partial charge in [0.05, 0.1) is 0 Å². The number of amides is 1. The molecule has 1 atom stereocenters. The first kappa shape index (κ1) is 20.4. The molecule has 0 radical (unpaired) electrons. The third-order valence-electron chi connectivity index (χ3n) is 5.42. The summed E-state index contributed by atoms with van der Waals surface area (Å²) >= 11 is 0. The largest absolute Gasteiger partial charge is 0.481 e. The van der Waals surface area contributed by atoms with E-state index in [1.807, 2.05) is 32.0 Å². The van der Waals surface area contributed by atoms with Crippen LogP contribution in [0.25, 0.3) is 0 Å². The minimum absolute atomic E-state index is 0.0900. The highest BCUT2D eigenvalue weighted by atomic mass is 16.5. The van der Waals surface area contributed by atoms with Crippen molar-refractivity contribution in [2.24, 2.45) is 0 Å². The highest BCUT2D eigenvalue weighted by molar-refractivity contribution is 5.80. The van der Waals surface area contributed by atoms with Crippen LogP contribution >= 0.6 is 0 Å². The fourth-order valence-electron chi connectivity index (χ4n) is 3.74. The van der Waals surface area contributed by atoms with Crippen LogP contribution in [0.15, 0.2) is 42.5 Å². The normalized spacial score (nSPS) is 15.8. The van der Waals surface area contributed by atoms with Crippen molar-refractivity contribution in [3.63, 3.8) is 0 Å². The first-order chi connectivity index (χ1) is 13.5. The molecular weight excluding hydrogens is 348 g/mol. The van der Waals surface area contributed by atoms with Gasteiger partial charge in [-0.3, -0.25) is 9.69 Å². The Labute approximate surface area is 168 Å². The highest BCUT2D eigenvalue weighted by Gasteiger charge is 2.17. The number of carbonyl (C=O) groups excluding carboxylic acids is 1. The SMILES string of the molecule is Cc1ccc(O[C@H](C)C(=O)NCc2ccccc2CN2CCCCC2)c(C)c1. The molecule has 1 N–H and O–H groups in total. The lowest BCUT2D eigenvalue weighted by atomic mass is 10.0. The van der Waals surface area contributed by atoms with E-state index in [4.69, 9.17) is 4.74 Å². The lowest BCUT2D eigenvalue weighted by Gasteiger charge is -2.27. The van der Waals surface area contributed by atoms with Crippen molar-refractivity contribution < 1.29 is 9.53 Å². The molecule has 0 unspecified atom stereocenters. The topological polar surface area (TPSA) is 41.6 Å². The highest BCUT2D eigenvalue weighted by Crippen LogP contribution is 2.20. The number of aryl methyl sites for hydroxylation is 2. The van der Waals surface area contributed by atoms with E-state index in [-0.39, 0.29) is 5.91 Å². The summed E-state index contributed by atoms with van der Waals surface area (Å²) in [6.07, 6.45) is 3.38. The number of carbonyl (C=O) groups is 1. The van der Waals surface area contributed by atoms with Crippen molar-refractivity contribution in [1.82, 2.24) is 10.2 Å². The molecule has 0 bridgehead atoms. The molecule has 0 saturated carbocycles. The first-order valence-electron chi connectivity index (χ1n) is 10.3. The summed E-state index contributed by atoms with van der Waals surface area (Å²) in [6.45, 7) is 9.68. The Morgan fingerprint density at radius 1 is 1.07 bits per heavy atom. The molecule has 1 aliphatic heterocycles. The predicted octanol–water partition coefficient (Wildman–Crippen LogP) is 4.37. The zero-order valence-corrected chi connectivity index (χ0v) is 17.3. The second-order valence-electron chi connectivity index (χ2n) is 7.85. The van der Waals surface area contributed by atoms with Crippen LogP contribution in [-0.2, 0) is 17.9 Å². The standard InChI is InChI=1S/C24H32N2O2/c1-18-11-12-23(19(2)15-18)28-20(3)24(27)25-16-21-9-5-6-10-22(21)17-26-13-7-4-8-14-26/h5-6,9-12,15,20H,4,7-8,13-14,16-17H2,1-3H3,(H,25,27)/t20-/m1/s1. The average molecular weight is 381 g/mol. The van der Waals surface area contributed by atoms with Crippen molar-refractivity contribution in [2.45, 2.75) is 59.2 Å². The first-order valence-corrected chi connectivity index (χ1v) is 10.3. The number of benzene rings is 2. The maximum absolute atomic E-state index is 12.6. The van der Waals surface area contributed by atoms with Crippen LogP contribution in [0.1, 0.15) is 48.4 Å². The summed E-state index contributed by atoms with van der Waals surface area (Å²) in [5.74, 6) is 0.673. The van der Waals surface area contributed by atoms with Crippen molar-refractivity contribution in [1.29, 1.82) is 0 Å². The monoisotopic (exact) mass is 380 g/mol. The molecule has 1 aliphatic rings. The molecule has 0 aromatic heterocycles. The van der Waals surface area contributed by atoms with Gasteiger partial charge in [-0.15, -0.1) is 0 Å². The van der Waals surface area contributed by atoms with Crippen LogP contribution in [0.2, 0.25) is 0 Å². The van der Waals surface area contributed by atoms with Crippen molar-refractivity contribution >= 4 is 5.91 Å². The Hall–Kier alpha value is -2.33. The van der Waals surface area contributed by atoms with E-state index in [0.717, 1.165) is 17.9 Å². The predicted molar refractivity (Wildman–Crippen MR) is 113 cm³/mol. The third-order valence-corrected chi connectivity index (χ3v) is 5.42. The zero-order chi connectivity index (χ0) is 19.9. The molecule has 1 heterocycles. The molecule has 3 rings (SSSR count). The second kappa shape index (κ2) is 9.74. The van der Waals surface area contributed by atoms with Gasteiger partial charge in [0, 0.05) is 13.1 Å². The van der Waals surface area contributed by atoms with Gasteiger partial charge < -0.3 is 10.1 Å². The number of ether oxygens (including phenoxy) is 1. The molecule has 1 amide bonds. The van der Waals surface area contributed by atoms with Crippen LogP contribution in [-0.4, -0.2) is 30.0 Å². The molecule has 2 aromatic carbocycles. The number of hydrogen-bond donors (Lipinski definition) is 1. The molecule has 4 heteroatoms. The van der Waals surface area contributed by atoms with E-state index >= 15 is 0 Å². The van der Waals surface area contributed by atoms with Gasteiger partial charge in [-0.2, -0.15) is 0 Å². The summed E-state index contributed by atoms with van der Waals surface area (Å²) in [6, 6.07) is 14.4. The Morgan fingerprint density at radius 2 is 1.79 bits per heavy atom. The summed E-state index contributed by atoms with van der Waals surface area (Å²) in [4.78, 5) is 15.1. The zero-order valence-electron chi connectivity index (χ0n) is 17.3. The van der Waals surface area contributed by atoms with E-state index in [2.05, 4.69) is 34.5 Å². The van der Waals surface area contributed by atoms with Crippen LogP contribution in [0.4, 0.5) is 0 Å². The lowest BCUT2D eigenvalue weighted by molar-refractivity contribution is -0.127. The molecule has 150 valence electrons. The summed E-state index contributed by atoms with van der Waals surface area (Å²) in [5.41, 5.74) is 4.71. The molecule has 4 nitrogen and oxygen atoms in total. The van der Waals surface area contributed by atoms with E-state index in [0.29, 0.717) is 6.54 Å². The Kier molecular flexibility index (Phi) is 7.10. The number of likely N-dealkylation sites (tertiary alicyclic amines) is 1. The van der Waals surface area contributed by atoms with E-state index < -0.39 is 6.10 Å². The molecule has 2 aromatic rings. The Bertz CT molecular complexity index is 797. The fraction of sp³-hybridized carbons (Fsp3) is 0.458. The van der Waals surface area contributed by atoms with Crippen LogP contribution in [0.5, 0.6) is 5.75 Å². The number of hydrogen-bond acceptors (Lipinski definition) is 3. The van der Waals surface area contributed by atoms with Crippen molar-refractivity contribution in [3.8, 4) is 5.75 Å². The fourth-order valence-corrected chi connectivity index (χ4v) is 3.74. The van der Waals surface area contributed by atoms with Crippen molar-refractivity contribution in [2.75, 3.05) is 13.1 Å². The smallest absolute Gasteiger partial charge is 0.261 e. The van der Waals surface area contributed by atoms with Crippen molar-refractivity contribution in [3.05, 3.63) is 64.7 Å². The van der Waals surface area contributed by atoms with Gasteiger partial charge >= 0.3 is 0 Å². The molecule has 28 heavy (non-hydrogen) atoms. The summed E-state index contributed by atoms with van der Waals surface area (Å²) in [5, 5.41) is 3.05. The Balaban J connectivity index is 1.56. The molecule has 0 spiro atoms. The number of nitrogens with one attached hydrogen (secondary N) is 1. The number of nitrogens with zero attached hydrogens (tertiary/aromatic N) is 1. The Morgan fingerprint density at radius 3 is 2.50 bits per heavy atom. The minimum atomic E-state index is -0.532. The molecule has 0 aliphatic carbocycles. The number of rotatable bonds is 7. The summed E-state index contributed by atoms with van der Waals surface area (Å²) < 4.78 is 5.88. The lowest BCUT2D eigenvalue weighted by Crippen LogP contribution is -2.36. The van der Waals surface area contributed by atoms with Gasteiger partial charge in [-0.1, -0.05) is 48.4 Å². The molecule has 1 saturated heterocycles. The second-order valence-corrected chi connectivity index (χ2v) is 7.85. The maximum atomic E-state index is 12.6. The van der Waals surface area contributed by atoms with Crippen LogP contribution in [0.3, 0.4) is 0 Å². The van der Waals surface area contributed by atoms with E-state index in [1.54, 1.807) is 6.92 Å². The minimum Gasteiger partial charge on any atom is -0.481 e. The van der Waals surface area contributed by atoms with Gasteiger partial charge in [0.1, 0.15) is 5.75 Å².